The Kier molecular flexibility index (Phi) is 7.69. The summed E-state index contributed by atoms with van der Waals surface area (Å²) in [6.45, 7) is 5.68. The van der Waals surface area contributed by atoms with Crippen LogP contribution in [0.4, 0.5) is 0 Å². The summed E-state index contributed by atoms with van der Waals surface area (Å²) in [6, 6.07) is 16.8. The predicted molar refractivity (Wildman–Crippen MR) is 145 cm³/mol. The molecule has 0 unspecified atom stereocenters. The molecule has 0 aliphatic carbocycles. The first kappa shape index (κ1) is 25.8. The number of aryl methyl sites for hydroxylation is 2. The number of H-pyrrole nitrogens is 1. The molecule has 196 valence electrons. The number of halogens is 1. The van der Waals surface area contributed by atoms with E-state index in [0.717, 1.165) is 33.4 Å². The van der Waals surface area contributed by atoms with Gasteiger partial charge in [0, 0.05) is 29.6 Å². The number of rotatable bonds is 10. The highest BCUT2D eigenvalue weighted by atomic mass is 35.5. The first-order valence-corrected chi connectivity index (χ1v) is 12.7. The maximum atomic E-state index is 13.8. The van der Waals surface area contributed by atoms with E-state index in [1.54, 1.807) is 18.1 Å². The van der Waals surface area contributed by atoms with Crippen molar-refractivity contribution in [3.63, 3.8) is 0 Å². The number of hydrogen-bond acceptors (Lipinski definition) is 7. The third-order valence-electron chi connectivity index (χ3n) is 6.71. The molecular weight excluding hydrogens is 504 g/mol. The number of tetrazole rings is 1. The van der Waals surface area contributed by atoms with Gasteiger partial charge in [0.15, 0.2) is 5.82 Å². The number of hydrogen-bond donors (Lipinski definition) is 1. The SMILES string of the molecule is COCCn1nnnc1[C@@H](c1cc2c(C)ccc(C)c2[nH]c1=O)N(Cc1ccco1)Cc1ccccc1Cl. The van der Waals surface area contributed by atoms with Crippen molar-refractivity contribution in [2.24, 2.45) is 0 Å². The molecule has 1 N–H and O–H groups in total. The van der Waals surface area contributed by atoms with Gasteiger partial charge in [-0.25, -0.2) is 4.68 Å². The third-order valence-corrected chi connectivity index (χ3v) is 7.08. The summed E-state index contributed by atoms with van der Waals surface area (Å²) in [5, 5.41) is 14.2. The fourth-order valence-corrected chi connectivity index (χ4v) is 4.92. The van der Waals surface area contributed by atoms with Gasteiger partial charge in [-0.2, -0.15) is 0 Å². The number of fused-ring (bicyclic) bond motifs is 1. The van der Waals surface area contributed by atoms with Crippen LogP contribution in [-0.2, 0) is 24.4 Å². The summed E-state index contributed by atoms with van der Waals surface area (Å²) in [5.41, 5.74) is 4.11. The zero-order valence-electron chi connectivity index (χ0n) is 21.5. The molecule has 9 nitrogen and oxygen atoms in total. The van der Waals surface area contributed by atoms with E-state index in [1.807, 2.05) is 62.4 Å². The van der Waals surface area contributed by atoms with E-state index in [1.165, 1.54) is 0 Å². The number of nitrogens with zero attached hydrogens (tertiary/aromatic N) is 5. The molecule has 0 spiro atoms. The van der Waals surface area contributed by atoms with Crippen LogP contribution < -0.4 is 5.56 Å². The van der Waals surface area contributed by atoms with Gasteiger partial charge in [0.05, 0.1) is 31.5 Å². The average Bonchev–Trinajstić information content (AvgIpc) is 3.59. The predicted octanol–water partition coefficient (Wildman–Crippen LogP) is 4.82. The number of nitrogens with one attached hydrogen (secondary N) is 1. The standard InChI is InChI=1S/C28H29ClN6O3/c1-18-10-11-19(2)25-22(18)15-23(28(36)30-25)26(27-31-32-33-35(27)12-14-37-3)34(17-21-8-6-13-38-21)16-20-7-4-5-9-24(20)29/h4-11,13,15,26H,12,14,16-17H2,1-3H3,(H,30,36)/t26-/m1/s1. The summed E-state index contributed by atoms with van der Waals surface area (Å²) in [5.74, 6) is 1.26. The number of methoxy groups -OCH3 is 1. The fraction of sp³-hybridized carbons (Fsp3) is 0.286. The highest BCUT2D eigenvalue weighted by Crippen LogP contribution is 2.32. The van der Waals surface area contributed by atoms with Crippen LogP contribution in [0.25, 0.3) is 10.9 Å². The van der Waals surface area contributed by atoms with Gasteiger partial charge in [-0.1, -0.05) is 41.9 Å². The number of furan rings is 1. The maximum Gasteiger partial charge on any atom is 0.253 e. The Bertz CT molecular complexity index is 1590. The summed E-state index contributed by atoms with van der Waals surface area (Å²) in [7, 11) is 1.63. The minimum absolute atomic E-state index is 0.207. The Morgan fingerprint density at radius 1 is 1.11 bits per heavy atom. The molecule has 3 aromatic heterocycles. The van der Waals surface area contributed by atoms with Gasteiger partial charge in [0.1, 0.15) is 11.8 Å². The molecule has 0 aliphatic heterocycles. The first-order valence-electron chi connectivity index (χ1n) is 12.3. The fourth-order valence-electron chi connectivity index (χ4n) is 4.72. The summed E-state index contributed by atoms with van der Waals surface area (Å²) in [6.07, 6.45) is 1.63. The van der Waals surface area contributed by atoms with E-state index in [2.05, 4.69) is 31.5 Å². The van der Waals surface area contributed by atoms with Crippen molar-refractivity contribution >= 4 is 22.5 Å². The summed E-state index contributed by atoms with van der Waals surface area (Å²) in [4.78, 5) is 19.0. The molecule has 3 heterocycles. The molecule has 0 radical (unpaired) electrons. The molecule has 10 heteroatoms. The molecule has 0 fully saturated rings. The Labute approximate surface area is 225 Å². The van der Waals surface area contributed by atoms with Crippen LogP contribution in [0.2, 0.25) is 5.02 Å². The van der Waals surface area contributed by atoms with Crippen molar-refractivity contribution in [2.75, 3.05) is 13.7 Å². The lowest BCUT2D eigenvalue weighted by Crippen LogP contribution is -2.35. The number of pyridine rings is 1. The third kappa shape index (κ3) is 5.26. The maximum absolute atomic E-state index is 13.8. The molecule has 0 amide bonds. The second kappa shape index (κ2) is 11.3. The van der Waals surface area contributed by atoms with Gasteiger partial charge in [-0.3, -0.25) is 9.69 Å². The Balaban J connectivity index is 1.72. The van der Waals surface area contributed by atoms with Crippen molar-refractivity contribution in [1.82, 2.24) is 30.1 Å². The van der Waals surface area contributed by atoms with Gasteiger partial charge in [-0.15, -0.1) is 5.10 Å². The Morgan fingerprint density at radius 2 is 1.92 bits per heavy atom. The van der Waals surface area contributed by atoms with E-state index >= 15 is 0 Å². The zero-order valence-corrected chi connectivity index (χ0v) is 22.3. The van der Waals surface area contributed by atoms with Crippen LogP contribution in [0, 0.1) is 13.8 Å². The number of ether oxygens (including phenoxy) is 1. The molecule has 1 atom stereocenters. The normalized spacial score (nSPS) is 12.4. The van der Waals surface area contributed by atoms with E-state index in [-0.39, 0.29) is 5.56 Å². The lowest BCUT2D eigenvalue weighted by molar-refractivity contribution is 0.163. The lowest BCUT2D eigenvalue weighted by atomic mass is 9.99. The molecule has 0 aliphatic rings. The number of benzene rings is 2. The minimum Gasteiger partial charge on any atom is -0.468 e. The summed E-state index contributed by atoms with van der Waals surface area (Å²) < 4.78 is 12.7. The van der Waals surface area contributed by atoms with Crippen LogP contribution in [0.1, 0.15) is 39.9 Å². The monoisotopic (exact) mass is 532 g/mol. The van der Waals surface area contributed by atoms with Crippen molar-refractivity contribution in [1.29, 1.82) is 0 Å². The molecule has 0 bridgehead atoms. The van der Waals surface area contributed by atoms with Crippen molar-refractivity contribution in [2.45, 2.75) is 39.5 Å². The highest BCUT2D eigenvalue weighted by molar-refractivity contribution is 6.31. The van der Waals surface area contributed by atoms with Crippen LogP contribution >= 0.6 is 11.6 Å². The van der Waals surface area contributed by atoms with Gasteiger partial charge in [0.2, 0.25) is 0 Å². The Hall–Kier alpha value is -3.79. The van der Waals surface area contributed by atoms with Gasteiger partial charge in [-0.05, 0) is 65.2 Å². The molecule has 0 saturated carbocycles. The quantitative estimate of drug-likeness (QED) is 0.275. The first-order chi connectivity index (χ1) is 18.5. The zero-order chi connectivity index (χ0) is 26.6. The summed E-state index contributed by atoms with van der Waals surface area (Å²) >= 11 is 6.59. The van der Waals surface area contributed by atoms with E-state index in [0.29, 0.717) is 42.7 Å². The Morgan fingerprint density at radius 3 is 2.68 bits per heavy atom. The lowest BCUT2D eigenvalue weighted by Gasteiger charge is -2.30. The van der Waals surface area contributed by atoms with E-state index < -0.39 is 6.04 Å². The van der Waals surface area contributed by atoms with Crippen molar-refractivity contribution in [3.8, 4) is 0 Å². The number of aromatic nitrogens is 5. The highest BCUT2D eigenvalue weighted by Gasteiger charge is 2.32. The second-order valence-electron chi connectivity index (χ2n) is 9.27. The van der Waals surface area contributed by atoms with Gasteiger partial charge < -0.3 is 14.1 Å². The topological polar surface area (TPSA) is 102 Å². The van der Waals surface area contributed by atoms with Crippen LogP contribution in [0.5, 0.6) is 0 Å². The van der Waals surface area contributed by atoms with Gasteiger partial charge in [0.25, 0.3) is 5.56 Å². The van der Waals surface area contributed by atoms with Crippen molar-refractivity contribution < 1.29 is 9.15 Å². The van der Waals surface area contributed by atoms with E-state index in [9.17, 15) is 4.79 Å². The molecule has 5 aromatic rings. The van der Waals surface area contributed by atoms with Crippen LogP contribution in [0.15, 0.2) is 70.1 Å². The second-order valence-corrected chi connectivity index (χ2v) is 9.68. The molecule has 5 rings (SSSR count). The van der Waals surface area contributed by atoms with Crippen molar-refractivity contribution in [3.05, 3.63) is 110 Å². The number of aromatic amines is 1. The van der Waals surface area contributed by atoms with Gasteiger partial charge >= 0.3 is 0 Å². The molecular formula is C28H29ClN6O3. The van der Waals surface area contributed by atoms with Crippen LogP contribution in [-0.4, -0.2) is 43.8 Å². The minimum atomic E-state index is -0.615. The molecule has 0 saturated heterocycles. The average molecular weight is 533 g/mol. The largest absolute Gasteiger partial charge is 0.468 e. The van der Waals surface area contributed by atoms with E-state index in [4.69, 9.17) is 20.8 Å². The smallest absolute Gasteiger partial charge is 0.253 e. The molecule has 38 heavy (non-hydrogen) atoms. The van der Waals surface area contributed by atoms with Crippen LogP contribution in [0.3, 0.4) is 0 Å². The molecule has 2 aromatic carbocycles.